The molecule has 19 heavy (non-hydrogen) atoms. The van der Waals surface area contributed by atoms with Gasteiger partial charge in [0, 0.05) is 5.54 Å². The van der Waals surface area contributed by atoms with Crippen molar-refractivity contribution in [3.8, 4) is 0 Å². The van der Waals surface area contributed by atoms with E-state index in [0.717, 1.165) is 18.5 Å². The standard InChI is InChI=1S/C16H25ClFN/c1-11(12(2)10-19-16(3,4)5)9-13-7-6-8-14(18)15(13)17/h6-8,11-12,19H,9-10H2,1-5H3. The van der Waals surface area contributed by atoms with Crippen molar-refractivity contribution in [1.29, 1.82) is 0 Å². The van der Waals surface area contributed by atoms with Crippen LogP contribution in [0.5, 0.6) is 0 Å². The van der Waals surface area contributed by atoms with Gasteiger partial charge in [-0.3, -0.25) is 0 Å². The van der Waals surface area contributed by atoms with Crippen LogP contribution in [0.4, 0.5) is 4.39 Å². The average Bonchev–Trinajstić information content (AvgIpc) is 2.31. The molecule has 0 saturated heterocycles. The van der Waals surface area contributed by atoms with Gasteiger partial charge in [-0.15, -0.1) is 0 Å². The molecule has 0 bridgehead atoms. The molecule has 0 aromatic heterocycles. The molecule has 0 aliphatic heterocycles. The van der Waals surface area contributed by atoms with Crippen molar-refractivity contribution in [3.05, 3.63) is 34.6 Å². The van der Waals surface area contributed by atoms with Gasteiger partial charge in [0.1, 0.15) is 5.82 Å². The summed E-state index contributed by atoms with van der Waals surface area (Å²) < 4.78 is 13.4. The van der Waals surface area contributed by atoms with Gasteiger partial charge in [-0.2, -0.15) is 0 Å². The molecule has 1 aromatic carbocycles. The lowest BCUT2D eigenvalue weighted by Gasteiger charge is -2.27. The summed E-state index contributed by atoms with van der Waals surface area (Å²) in [6, 6.07) is 5.04. The first-order valence-corrected chi connectivity index (χ1v) is 7.26. The topological polar surface area (TPSA) is 12.0 Å². The Kier molecular flexibility index (Phi) is 5.82. The molecule has 0 fully saturated rings. The summed E-state index contributed by atoms with van der Waals surface area (Å²) in [7, 11) is 0. The van der Waals surface area contributed by atoms with Crippen molar-refractivity contribution in [3.63, 3.8) is 0 Å². The van der Waals surface area contributed by atoms with E-state index >= 15 is 0 Å². The maximum absolute atomic E-state index is 13.4. The molecule has 0 amide bonds. The van der Waals surface area contributed by atoms with E-state index in [1.807, 2.05) is 6.07 Å². The van der Waals surface area contributed by atoms with Gasteiger partial charge in [0.2, 0.25) is 0 Å². The highest BCUT2D eigenvalue weighted by atomic mass is 35.5. The zero-order valence-electron chi connectivity index (χ0n) is 12.6. The van der Waals surface area contributed by atoms with Crippen LogP contribution in [-0.2, 0) is 6.42 Å². The number of halogens is 2. The van der Waals surface area contributed by atoms with Crippen LogP contribution in [0.1, 0.15) is 40.2 Å². The summed E-state index contributed by atoms with van der Waals surface area (Å²) in [5.74, 6) is 0.638. The molecule has 1 N–H and O–H groups in total. The highest BCUT2D eigenvalue weighted by Crippen LogP contribution is 2.25. The predicted molar refractivity (Wildman–Crippen MR) is 81.2 cm³/mol. The Hall–Kier alpha value is -0.600. The number of rotatable bonds is 5. The largest absolute Gasteiger partial charge is 0.312 e. The number of nitrogens with one attached hydrogen (secondary N) is 1. The predicted octanol–water partition coefficient (Wildman–Crippen LogP) is 4.68. The minimum Gasteiger partial charge on any atom is -0.312 e. The third kappa shape index (κ3) is 5.50. The Morgan fingerprint density at radius 3 is 2.42 bits per heavy atom. The van der Waals surface area contributed by atoms with Crippen molar-refractivity contribution in [2.45, 2.75) is 46.6 Å². The lowest BCUT2D eigenvalue weighted by Crippen LogP contribution is -2.40. The molecular formula is C16H25ClFN. The highest BCUT2D eigenvalue weighted by molar-refractivity contribution is 6.31. The molecule has 1 nitrogen and oxygen atoms in total. The van der Waals surface area contributed by atoms with Crippen molar-refractivity contribution in [1.82, 2.24) is 5.32 Å². The van der Waals surface area contributed by atoms with Gasteiger partial charge in [0.25, 0.3) is 0 Å². The van der Waals surface area contributed by atoms with Crippen LogP contribution >= 0.6 is 11.6 Å². The van der Waals surface area contributed by atoms with Crippen LogP contribution in [0, 0.1) is 17.7 Å². The molecule has 0 saturated carbocycles. The SMILES string of the molecule is CC(CNC(C)(C)C)C(C)Cc1cccc(F)c1Cl. The van der Waals surface area contributed by atoms with Crippen molar-refractivity contribution >= 4 is 11.6 Å². The van der Waals surface area contributed by atoms with E-state index in [4.69, 9.17) is 11.6 Å². The summed E-state index contributed by atoms with van der Waals surface area (Å²) in [6.07, 6.45) is 0.809. The van der Waals surface area contributed by atoms with Crippen LogP contribution in [0.25, 0.3) is 0 Å². The summed E-state index contributed by atoms with van der Waals surface area (Å²) in [5.41, 5.74) is 1.03. The molecule has 1 aromatic rings. The first-order chi connectivity index (χ1) is 8.70. The van der Waals surface area contributed by atoms with Gasteiger partial charge in [0.05, 0.1) is 5.02 Å². The molecule has 0 aliphatic carbocycles. The minimum atomic E-state index is -0.327. The quantitative estimate of drug-likeness (QED) is 0.828. The number of hydrogen-bond acceptors (Lipinski definition) is 1. The van der Waals surface area contributed by atoms with E-state index in [0.29, 0.717) is 11.8 Å². The molecule has 0 spiro atoms. The molecule has 2 atom stereocenters. The fourth-order valence-corrected chi connectivity index (χ4v) is 2.13. The zero-order valence-corrected chi connectivity index (χ0v) is 13.3. The van der Waals surface area contributed by atoms with Gasteiger partial charge in [-0.1, -0.05) is 37.6 Å². The second-order valence-corrected chi connectivity index (χ2v) is 6.88. The second-order valence-electron chi connectivity index (χ2n) is 6.50. The van der Waals surface area contributed by atoms with E-state index in [1.54, 1.807) is 6.07 Å². The smallest absolute Gasteiger partial charge is 0.142 e. The molecule has 108 valence electrons. The Labute approximate surface area is 121 Å². The normalized spacial score (nSPS) is 15.3. The van der Waals surface area contributed by atoms with E-state index in [1.165, 1.54) is 6.07 Å². The van der Waals surface area contributed by atoms with Crippen LogP contribution < -0.4 is 5.32 Å². The Balaban J connectivity index is 2.59. The highest BCUT2D eigenvalue weighted by Gasteiger charge is 2.18. The van der Waals surface area contributed by atoms with E-state index < -0.39 is 0 Å². The first-order valence-electron chi connectivity index (χ1n) is 6.88. The van der Waals surface area contributed by atoms with Crippen LogP contribution in [-0.4, -0.2) is 12.1 Å². The fourth-order valence-electron chi connectivity index (χ4n) is 1.92. The molecule has 0 heterocycles. The molecule has 3 heteroatoms. The third-order valence-electron chi connectivity index (χ3n) is 3.50. The Morgan fingerprint density at radius 1 is 1.21 bits per heavy atom. The number of benzene rings is 1. The molecular weight excluding hydrogens is 261 g/mol. The lowest BCUT2D eigenvalue weighted by molar-refractivity contribution is 0.317. The summed E-state index contributed by atoms with van der Waals surface area (Å²) >= 11 is 6.00. The van der Waals surface area contributed by atoms with Gasteiger partial charge < -0.3 is 5.32 Å². The minimum absolute atomic E-state index is 0.129. The summed E-state index contributed by atoms with van der Waals surface area (Å²) in [4.78, 5) is 0. The van der Waals surface area contributed by atoms with Gasteiger partial charge in [-0.25, -0.2) is 4.39 Å². The lowest BCUT2D eigenvalue weighted by atomic mass is 9.89. The maximum atomic E-state index is 13.4. The second kappa shape index (κ2) is 6.71. The van der Waals surface area contributed by atoms with E-state index in [2.05, 4.69) is 39.9 Å². The first kappa shape index (κ1) is 16.5. The maximum Gasteiger partial charge on any atom is 0.142 e. The molecule has 0 aliphatic rings. The van der Waals surface area contributed by atoms with E-state index in [-0.39, 0.29) is 16.4 Å². The third-order valence-corrected chi connectivity index (χ3v) is 3.92. The molecule has 2 unspecified atom stereocenters. The number of hydrogen-bond donors (Lipinski definition) is 1. The van der Waals surface area contributed by atoms with Gasteiger partial charge in [0.15, 0.2) is 0 Å². The Bertz CT molecular complexity index is 412. The average molecular weight is 286 g/mol. The molecule has 0 radical (unpaired) electrons. The van der Waals surface area contributed by atoms with Crippen LogP contribution in [0.3, 0.4) is 0 Å². The Morgan fingerprint density at radius 2 is 1.84 bits per heavy atom. The van der Waals surface area contributed by atoms with Gasteiger partial charge >= 0.3 is 0 Å². The van der Waals surface area contributed by atoms with Crippen LogP contribution in [0.15, 0.2) is 18.2 Å². The monoisotopic (exact) mass is 285 g/mol. The van der Waals surface area contributed by atoms with Crippen molar-refractivity contribution in [2.24, 2.45) is 11.8 Å². The van der Waals surface area contributed by atoms with Crippen LogP contribution in [0.2, 0.25) is 5.02 Å². The molecule has 1 rings (SSSR count). The zero-order chi connectivity index (χ0) is 14.6. The van der Waals surface area contributed by atoms with Crippen molar-refractivity contribution in [2.75, 3.05) is 6.54 Å². The van der Waals surface area contributed by atoms with Crippen molar-refractivity contribution < 1.29 is 4.39 Å². The summed E-state index contributed by atoms with van der Waals surface area (Å²) in [6.45, 7) is 11.8. The van der Waals surface area contributed by atoms with Gasteiger partial charge in [-0.05, 0) is 57.2 Å². The fraction of sp³-hybridized carbons (Fsp3) is 0.625. The summed E-state index contributed by atoms with van der Waals surface area (Å²) in [5, 5.41) is 3.78. The van der Waals surface area contributed by atoms with E-state index in [9.17, 15) is 4.39 Å².